The number of aliphatic carboxylic acids is 1. The van der Waals surface area contributed by atoms with Crippen LogP contribution in [0.1, 0.15) is 77.8 Å². The number of para-hydroxylation sites is 1. The molecule has 2 aromatic rings. The highest BCUT2D eigenvalue weighted by Crippen LogP contribution is 2.30. The third kappa shape index (κ3) is 8.45. The average Bonchev–Trinajstić information content (AvgIpc) is 3.34. The van der Waals surface area contributed by atoms with Crippen LogP contribution in [0, 0.1) is 0 Å². The number of aromatic amines is 1. The SMILES string of the molecule is CCC(CC)(CCOC(=O)NC(C(=O)O)c1c[nH]c2ccccc12)OCCC(CC)(CC)OCCOC. The molecule has 1 aromatic heterocycles. The molecule has 1 atom stereocenters. The summed E-state index contributed by atoms with van der Waals surface area (Å²) >= 11 is 0. The predicted molar refractivity (Wildman–Crippen MR) is 143 cm³/mol. The van der Waals surface area contributed by atoms with Crippen LogP contribution >= 0.6 is 0 Å². The summed E-state index contributed by atoms with van der Waals surface area (Å²) in [6, 6.07) is 6.11. The van der Waals surface area contributed by atoms with Crippen LogP contribution < -0.4 is 5.32 Å². The average molecular weight is 521 g/mol. The number of ether oxygens (including phenoxy) is 4. The Morgan fingerprint density at radius 2 is 1.51 bits per heavy atom. The number of benzene rings is 1. The minimum absolute atomic E-state index is 0.116. The van der Waals surface area contributed by atoms with Gasteiger partial charge >= 0.3 is 12.1 Å². The molecule has 0 fully saturated rings. The van der Waals surface area contributed by atoms with Crippen molar-refractivity contribution in [2.45, 2.75) is 83.5 Å². The second-order valence-corrected chi connectivity index (χ2v) is 9.31. The molecule has 0 aliphatic heterocycles. The molecule has 208 valence electrons. The van der Waals surface area contributed by atoms with Crippen LogP contribution in [0.5, 0.6) is 0 Å². The number of amides is 1. The largest absolute Gasteiger partial charge is 0.479 e. The molecular weight excluding hydrogens is 476 g/mol. The van der Waals surface area contributed by atoms with Crippen molar-refractivity contribution in [3.05, 3.63) is 36.0 Å². The van der Waals surface area contributed by atoms with Crippen molar-refractivity contribution < 1.29 is 33.6 Å². The minimum Gasteiger partial charge on any atom is -0.479 e. The van der Waals surface area contributed by atoms with Gasteiger partial charge in [-0.1, -0.05) is 45.9 Å². The van der Waals surface area contributed by atoms with Gasteiger partial charge in [-0.15, -0.1) is 0 Å². The standard InChI is InChI=1S/C28H44N2O7/c1-6-27(7-2,36-17-15-28(8-3,9-4)37-19-18-34-5)14-16-35-26(33)30-24(25(31)32)22-20-29-23-13-11-10-12-21(22)23/h10-13,20,24,29H,6-9,14-19H2,1-5H3,(H,30,33)(H,31,32). The van der Waals surface area contributed by atoms with Gasteiger partial charge in [0.15, 0.2) is 6.04 Å². The molecule has 0 bridgehead atoms. The smallest absolute Gasteiger partial charge is 0.408 e. The van der Waals surface area contributed by atoms with Crippen molar-refractivity contribution >= 4 is 23.0 Å². The van der Waals surface area contributed by atoms with Crippen molar-refractivity contribution in [2.75, 3.05) is 33.5 Å². The second kappa shape index (κ2) is 15.0. The lowest BCUT2D eigenvalue weighted by Gasteiger charge is -2.36. The number of carbonyl (C=O) groups excluding carboxylic acids is 1. The first-order valence-electron chi connectivity index (χ1n) is 13.3. The number of nitrogens with one attached hydrogen (secondary N) is 2. The van der Waals surface area contributed by atoms with E-state index in [0.717, 1.165) is 43.0 Å². The van der Waals surface area contributed by atoms with Crippen molar-refractivity contribution in [2.24, 2.45) is 0 Å². The van der Waals surface area contributed by atoms with Crippen LogP contribution in [-0.4, -0.2) is 66.9 Å². The van der Waals surface area contributed by atoms with E-state index in [2.05, 4.69) is 38.0 Å². The molecule has 0 saturated heterocycles. The summed E-state index contributed by atoms with van der Waals surface area (Å²) in [7, 11) is 1.66. The fourth-order valence-electron chi connectivity index (χ4n) is 4.65. The van der Waals surface area contributed by atoms with Gasteiger partial charge in [-0.25, -0.2) is 9.59 Å². The molecule has 2 rings (SSSR count). The molecule has 37 heavy (non-hydrogen) atoms. The van der Waals surface area contributed by atoms with Crippen molar-refractivity contribution in [1.82, 2.24) is 10.3 Å². The Bertz CT molecular complexity index is 966. The zero-order chi connectivity index (χ0) is 27.3. The Hall–Kier alpha value is -2.62. The van der Waals surface area contributed by atoms with Gasteiger partial charge in [-0.3, -0.25) is 0 Å². The molecule has 9 nitrogen and oxygen atoms in total. The zero-order valence-electron chi connectivity index (χ0n) is 22.9. The van der Waals surface area contributed by atoms with Gasteiger partial charge in [0.25, 0.3) is 0 Å². The third-order valence-electron chi connectivity index (χ3n) is 7.47. The number of carboxylic acids is 1. The highest BCUT2D eigenvalue weighted by Gasteiger charge is 2.32. The van der Waals surface area contributed by atoms with Gasteiger partial charge < -0.3 is 34.4 Å². The van der Waals surface area contributed by atoms with Gasteiger partial charge in [-0.2, -0.15) is 0 Å². The molecule has 1 heterocycles. The Labute approximate surface area is 220 Å². The summed E-state index contributed by atoms with van der Waals surface area (Å²) in [5.74, 6) is -1.16. The van der Waals surface area contributed by atoms with Gasteiger partial charge in [0, 0.05) is 36.2 Å². The number of rotatable bonds is 18. The number of hydrogen-bond acceptors (Lipinski definition) is 6. The molecule has 1 unspecified atom stereocenters. The van der Waals surface area contributed by atoms with Gasteiger partial charge in [0.05, 0.1) is 37.6 Å². The van der Waals surface area contributed by atoms with Gasteiger partial charge in [0.2, 0.25) is 0 Å². The molecule has 3 N–H and O–H groups in total. The van der Waals surface area contributed by atoms with E-state index >= 15 is 0 Å². The van der Waals surface area contributed by atoms with Gasteiger partial charge in [-0.05, 0) is 38.2 Å². The highest BCUT2D eigenvalue weighted by atomic mass is 16.6. The first-order valence-corrected chi connectivity index (χ1v) is 13.3. The number of fused-ring (bicyclic) bond motifs is 1. The molecule has 0 spiro atoms. The molecule has 0 aliphatic carbocycles. The van der Waals surface area contributed by atoms with E-state index in [1.54, 1.807) is 13.3 Å². The zero-order valence-corrected chi connectivity index (χ0v) is 22.9. The second-order valence-electron chi connectivity index (χ2n) is 9.31. The summed E-state index contributed by atoms with van der Waals surface area (Å²) in [6.45, 7) is 10.1. The first-order chi connectivity index (χ1) is 17.8. The van der Waals surface area contributed by atoms with E-state index in [-0.39, 0.29) is 12.2 Å². The fourth-order valence-corrected chi connectivity index (χ4v) is 4.65. The van der Waals surface area contributed by atoms with Crippen LogP contribution in [0.4, 0.5) is 4.79 Å². The number of hydrogen-bond donors (Lipinski definition) is 3. The van der Waals surface area contributed by atoms with Crippen LogP contribution in [-0.2, 0) is 23.7 Å². The Morgan fingerprint density at radius 1 is 0.919 bits per heavy atom. The number of aromatic nitrogens is 1. The van der Waals surface area contributed by atoms with E-state index < -0.39 is 23.7 Å². The minimum atomic E-state index is -1.23. The lowest BCUT2D eigenvalue weighted by atomic mass is 9.91. The molecule has 0 aliphatic rings. The van der Waals surface area contributed by atoms with Crippen LogP contribution in [0.3, 0.4) is 0 Å². The molecule has 0 saturated carbocycles. The molecule has 0 radical (unpaired) electrons. The fraction of sp³-hybridized carbons (Fsp3) is 0.643. The Kier molecular flexibility index (Phi) is 12.4. The quantitative estimate of drug-likeness (QED) is 0.219. The first kappa shape index (κ1) is 30.6. The Balaban J connectivity index is 1.92. The van der Waals surface area contributed by atoms with E-state index in [0.29, 0.717) is 31.8 Å². The topological polar surface area (TPSA) is 119 Å². The predicted octanol–water partition coefficient (Wildman–Crippen LogP) is 5.60. The number of carbonyl (C=O) groups is 2. The van der Waals surface area contributed by atoms with Crippen molar-refractivity contribution in [3.8, 4) is 0 Å². The maximum atomic E-state index is 12.5. The lowest BCUT2D eigenvalue weighted by molar-refractivity contribution is -0.139. The molecule has 1 amide bonds. The monoisotopic (exact) mass is 520 g/mol. The number of methoxy groups -OCH3 is 1. The Morgan fingerprint density at radius 3 is 2.11 bits per heavy atom. The van der Waals surface area contributed by atoms with Crippen molar-refractivity contribution in [3.63, 3.8) is 0 Å². The van der Waals surface area contributed by atoms with Crippen LogP contribution in [0.2, 0.25) is 0 Å². The van der Waals surface area contributed by atoms with Crippen LogP contribution in [0.25, 0.3) is 10.9 Å². The molecular formula is C28H44N2O7. The summed E-state index contributed by atoms with van der Waals surface area (Å²) in [4.78, 5) is 27.5. The number of alkyl carbamates (subject to hydrolysis) is 1. The normalized spacial score (nSPS) is 13.0. The van der Waals surface area contributed by atoms with Crippen molar-refractivity contribution in [1.29, 1.82) is 0 Å². The van der Waals surface area contributed by atoms with E-state index in [9.17, 15) is 14.7 Å². The summed E-state index contributed by atoms with van der Waals surface area (Å²) < 4.78 is 23.1. The summed E-state index contributed by atoms with van der Waals surface area (Å²) in [5.41, 5.74) is 0.577. The number of carboxylic acid groups (broad SMARTS) is 1. The maximum absolute atomic E-state index is 12.5. The maximum Gasteiger partial charge on any atom is 0.408 e. The molecule has 9 heteroatoms. The van der Waals surface area contributed by atoms with Crippen LogP contribution in [0.15, 0.2) is 30.5 Å². The van der Waals surface area contributed by atoms with E-state index in [1.807, 2.05) is 24.3 Å². The van der Waals surface area contributed by atoms with E-state index in [4.69, 9.17) is 18.9 Å². The van der Waals surface area contributed by atoms with Gasteiger partial charge in [0.1, 0.15) is 0 Å². The lowest BCUT2D eigenvalue weighted by Crippen LogP contribution is -2.39. The summed E-state index contributed by atoms with van der Waals surface area (Å²) in [6.07, 6.45) is 5.38. The summed E-state index contributed by atoms with van der Waals surface area (Å²) in [5, 5.41) is 13.0. The highest BCUT2D eigenvalue weighted by molar-refractivity contribution is 5.90. The van der Waals surface area contributed by atoms with E-state index in [1.165, 1.54) is 0 Å². The number of H-pyrrole nitrogens is 1. The third-order valence-corrected chi connectivity index (χ3v) is 7.47. The molecule has 1 aromatic carbocycles.